The number of amidine groups is 1. The number of pyridine rings is 1. The summed E-state index contributed by atoms with van der Waals surface area (Å²) in [6, 6.07) is 1.91. The Labute approximate surface area is 93.9 Å². The lowest BCUT2D eigenvalue weighted by molar-refractivity contribution is 0.314. The van der Waals surface area contributed by atoms with Gasteiger partial charge in [0.25, 0.3) is 0 Å². The van der Waals surface area contributed by atoms with Crippen LogP contribution in [0.4, 0.5) is 0 Å². The van der Waals surface area contributed by atoms with E-state index in [0.717, 1.165) is 25.0 Å². The van der Waals surface area contributed by atoms with Gasteiger partial charge in [-0.05, 0) is 37.8 Å². The maximum Gasteiger partial charge on any atom is 0.224 e. The lowest BCUT2D eigenvalue weighted by atomic mass is 10.1. The molecule has 0 aromatic carbocycles. The van der Waals surface area contributed by atoms with Gasteiger partial charge in [0, 0.05) is 5.69 Å². The summed E-state index contributed by atoms with van der Waals surface area (Å²) in [5, 5.41) is 11.7. The van der Waals surface area contributed by atoms with Crippen molar-refractivity contribution in [1.29, 1.82) is 0 Å². The van der Waals surface area contributed by atoms with Crippen LogP contribution in [0.15, 0.2) is 11.2 Å². The van der Waals surface area contributed by atoms with Gasteiger partial charge in [-0.15, -0.1) is 0 Å². The maximum absolute atomic E-state index is 8.71. The highest BCUT2D eigenvalue weighted by atomic mass is 16.5. The third-order valence-corrected chi connectivity index (χ3v) is 2.68. The molecule has 0 saturated carbocycles. The van der Waals surface area contributed by atoms with Gasteiger partial charge in [0.2, 0.25) is 5.88 Å². The minimum absolute atomic E-state index is 0.0469. The first kappa shape index (κ1) is 10.7. The Morgan fingerprint density at radius 3 is 3.12 bits per heavy atom. The van der Waals surface area contributed by atoms with E-state index in [1.54, 1.807) is 0 Å². The number of nitrogens with zero attached hydrogens (tertiary/aromatic N) is 2. The second kappa shape index (κ2) is 4.38. The quantitative estimate of drug-likeness (QED) is 0.346. The van der Waals surface area contributed by atoms with Gasteiger partial charge in [0.1, 0.15) is 0 Å². The molecule has 0 unspecified atom stereocenters. The zero-order valence-corrected chi connectivity index (χ0v) is 9.23. The zero-order valence-electron chi connectivity index (χ0n) is 9.23. The lowest BCUT2D eigenvalue weighted by Gasteiger charge is -2.10. The summed E-state index contributed by atoms with van der Waals surface area (Å²) in [4.78, 5) is 4.42. The number of hydrogen-bond donors (Lipinski definition) is 2. The number of fused-ring (bicyclic) bond motifs is 1. The smallest absolute Gasteiger partial charge is 0.224 e. The van der Waals surface area contributed by atoms with Crippen LogP contribution in [0, 0.1) is 0 Å². The molecule has 3 N–H and O–H groups in total. The Bertz CT molecular complexity index is 429. The molecule has 1 aliphatic rings. The molecule has 1 aromatic rings. The summed E-state index contributed by atoms with van der Waals surface area (Å²) in [5.41, 5.74) is 8.41. The molecule has 1 heterocycles. The molecule has 0 aliphatic heterocycles. The summed E-state index contributed by atoms with van der Waals surface area (Å²) >= 11 is 0. The van der Waals surface area contributed by atoms with Crippen LogP contribution in [0.5, 0.6) is 5.88 Å². The Kier molecular flexibility index (Phi) is 2.94. The predicted molar refractivity (Wildman–Crippen MR) is 59.9 cm³/mol. The van der Waals surface area contributed by atoms with Crippen LogP contribution in [0.3, 0.4) is 0 Å². The normalized spacial score (nSPS) is 14.9. The van der Waals surface area contributed by atoms with Gasteiger partial charge in [-0.1, -0.05) is 5.16 Å². The lowest BCUT2D eigenvalue weighted by Crippen LogP contribution is -2.16. The van der Waals surface area contributed by atoms with Gasteiger partial charge >= 0.3 is 0 Å². The number of aromatic nitrogens is 1. The minimum Gasteiger partial charge on any atom is -0.477 e. The molecule has 2 rings (SSSR count). The maximum atomic E-state index is 8.71. The molecule has 0 fully saturated rings. The minimum atomic E-state index is 0.0469. The van der Waals surface area contributed by atoms with E-state index in [9.17, 15) is 0 Å². The molecule has 5 heteroatoms. The number of aryl methyl sites for hydroxylation is 2. The Hall–Kier alpha value is -1.78. The van der Waals surface area contributed by atoms with E-state index in [1.807, 2.05) is 13.0 Å². The summed E-state index contributed by atoms with van der Waals surface area (Å²) in [5.74, 6) is 0.504. The van der Waals surface area contributed by atoms with Crippen LogP contribution in [-0.2, 0) is 12.8 Å². The Morgan fingerprint density at radius 2 is 2.44 bits per heavy atom. The second-order valence-electron chi connectivity index (χ2n) is 3.72. The van der Waals surface area contributed by atoms with Crippen molar-refractivity contribution >= 4 is 5.84 Å². The van der Waals surface area contributed by atoms with Gasteiger partial charge in [0.15, 0.2) is 5.84 Å². The topological polar surface area (TPSA) is 80.7 Å². The van der Waals surface area contributed by atoms with Crippen LogP contribution in [0.2, 0.25) is 0 Å². The van der Waals surface area contributed by atoms with Crippen molar-refractivity contribution in [3.63, 3.8) is 0 Å². The fraction of sp³-hybridized carbons (Fsp3) is 0.455. The van der Waals surface area contributed by atoms with E-state index in [2.05, 4.69) is 10.1 Å². The van der Waals surface area contributed by atoms with E-state index in [4.69, 9.17) is 15.7 Å². The highest BCUT2D eigenvalue weighted by Crippen LogP contribution is 2.26. The molecule has 0 atom stereocenters. The molecule has 0 bridgehead atoms. The van der Waals surface area contributed by atoms with Crippen molar-refractivity contribution in [3.8, 4) is 5.88 Å². The van der Waals surface area contributed by atoms with E-state index in [-0.39, 0.29) is 5.84 Å². The van der Waals surface area contributed by atoms with Gasteiger partial charge in [-0.3, -0.25) is 0 Å². The van der Waals surface area contributed by atoms with E-state index in [0.29, 0.717) is 18.1 Å². The standard InChI is InChI=1S/C11H15N3O2/c1-2-16-11-8(10(12)14-15)6-7-4-3-5-9(7)13-11/h6,15H,2-5H2,1H3,(H2,12,14). The summed E-state index contributed by atoms with van der Waals surface area (Å²) in [6.07, 6.45) is 3.08. The van der Waals surface area contributed by atoms with Crippen molar-refractivity contribution in [2.75, 3.05) is 6.61 Å². The van der Waals surface area contributed by atoms with Crippen molar-refractivity contribution in [3.05, 3.63) is 22.9 Å². The van der Waals surface area contributed by atoms with Crippen LogP contribution in [0.1, 0.15) is 30.2 Å². The van der Waals surface area contributed by atoms with Gasteiger partial charge in [-0.25, -0.2) is 4.98 Å². The van der Waals surface area contributed by atoms with Gasteiger partial charge in [-0.2, -0.15) is 0 Å². The predicted octanol–water partition coefficient (Wildman–Crippen LogP) is 1.06. The molecule has 0 radical (unpaired) electrons. The van der Waals surface area contributed by atoms with Crippen LogP contribution in [-0.4, -0.2) is 22.6 Å². The summed E-state index contributed by atoms with van der Waals surface area (Å²) < 4.78 is 5.40. The second-order valence-corrected chi connectivity index (χ2v) is 3.72. The van der Waals surface area contributed by atoms with Crippen LogP contribution in [0.25, 0.3) is 0 Å². The van der Waals surface area contributed by atoms with Crippen molar-refractivity contribution in [2.45, 2.75) is 26.2 Å². The molecular formula is C11H15N3O2. The average molecular weight is 221 g/mol. The first-order valence-corrected chi connectivity index (χ1v) is 5.39. The van der Waals surface area contributed by atoms with E-state index in [1.165, 1.54) is 5.56 Å². The molecule has 86 valence electrons. The SMILES string of the molecule is CCOc1nc2c(cc1C(N)=NO)CCC2. The monoisotopic (exact) mass is 221 g/mol. The average Bonchev–Trinajstić information content (AvgIpc) is 2.74. The molecule has 0 amide bonds. The molecule has 16 heavy (non-hydrogen) atoms. The van der Waals surface area contributed by atoms with Crippen molar-refractivity contribution in [1.82, 2.24) is 4.98 Å². The molecule has 1 aliphatic carbocycles. The van der Waals surface area contributed by atoms with Crippen LogP contribution >= 0.6 is 0 Å². The van der Waals surface area contributed by atoms with Crippen molar-refractivity contribution < 1.29 is 9.94 Å². The fourth-order valence-electron chi connectivity index (χ4n) is 1.94. The molecule has 0 saturated heterocycles. The number of oxime groups is 1. The fourth-order valence-corrected chi connectivity index (χ4v) is 1.94. The Morgan fingerprint density at radius 1 is 1.62 bits per heavy atom. The molecule has 1 aromatic heterocycles. The van der Waals surface area contributed by atoms with E-state index < -0.39 is 0 Å². The van der Waals surface area contributed by atoms with Gasteiger partial charge in [0.05, 0.1) is 12.2 Å². The van der Waals surface area contributed by atoms with Crippen LogP contribution < -0.4 is 10.5 Å². The number of nitrogens with two attached hydrogens (primary N) is 1. The summed E-state index contributed by atoms with van der Waals surface area (Å²) in [6.45, 7) is 2.39. The third-order valence-electron chi connectivity index (χ3n) is 2.68. The largest absolute Gasteiger partial charge is 0.477 e. The number of rotatable bonds is 3. The van der Waals surface area contributed by atoms with E-state index >= 15 is 0 Å². The van der Waals surface area contributed by atoms with Crippen molar-refractivity contribution in [2.24, 2.45) is 10.9 Å². The highest BCUT2D eigenvalue weighted by molar-refractivity contribution is 5.99. The molecule has 0 spiro atoms. The molecular weight excluding hydrogens is 206 g/mol. The first-order chi connectivity index (χ1) is 7.76. The zero-order chi connectivity index (χ0) is 11.5. The number of hydrogen-bond acceptors (Lipinski definition) is 4. The first-order valence-electron chi connectivity index (χ1n) is 5.39. The van der Waals surface area contributed by atoms with Gasteiger partial charge < -0.3 is 15.7 Å². The highest BCUT2D eigenvalue weighted by Gasteiger charge is 2.19. The third kappa shape index (κ3) is 1.80. The Balaban J connectivity index is 2.48. The summed E-state index contributed by atoms with van der Waals surface area (Å²) in [7, 11) is 0. The molecule has 5 nitrogen and oxygen atoms in total. The number of ether oxygens (including phenoxy) is 1.